The molecule has 1 N–H and O–H groups in total. The Labute approximate surface area is 142 Å². The first-order valence-corrected chi connectivity index (χ1v) is 8.83. The maximum atomic E-state index is 13.8. The number of nitrogens with one attached hydrogen (secondary N) is 1. The molecule has 1 aliphatic carbocycles. The van der Waals surface area contributed by atoms with Gasteiger partial charge in [-0.2, -0.15) is 0 Å². The van der Waals surface area contributed by atoms with Gasteiger partial charge in [0, 0.05) is 12.6 Å². The van der Waals surface area contributed by atoms with Gasteiger partial charge in [0.05, 0.1) is 27.3 Å². The van der Waals surface area contributed by atoms with Crippen molar-refractivity contribution in [1.82, 2.24) is 9.55 Å². The predicted molar refractivity (Wildman–Crippen MR) is 92.6 cm³/mol. The van der Waals surface area contributed by atoms with Crippen LogP contribution in [0.25, 0.3) is 11.0 Å². The lowest BCUT2D eigenvalue weighted by Gasteiger charge is -2.22. The van der Waals surface area contributed by atoms with Gasteiger partial charge in [0.2, 0.25) is 0 Å². The second kappa shape index (κ2) is 6.75. The van der Waals surface area contributed by atoms with Gasteiger partial charge in [-0.1, -0.05) is 19.3 Å². The number of hydrogen-bond donors (Lipinski definition) is 1. The second-order valence-electron chi connectivity index (χ2n) is 5.50. The molecule has 0 amide bonds. The summed E-state index contributed by atoms with van der Waals surface area (Å²) in [5, 5.41) is 0. The van der Waals surface area contributed by atoms with E-state index >= 15 is 0 Å². The van der Waals surface area contributed by atoms with E-state index in [1.165, 1.54) is 19.3 Å². The SMILES string of the molecule is Fc1cc2c(cc1I)[nH]c(=S)n2CCOC1CCCCC1. The highest BCUT2D eigenvalue weighted by molar-refractivity contribution is 14.1. The number of H-pyrrole nitrogens is 1. The van der Waals surface area contributed by atoms with Crippen LogP contribution >= 0.6 is 34.8 Å². The molecule has 0 radical (unpaired) electrons. The van der Waals surface area contributed by atoms with Crippen molar-refractivity contribution < 1.29 is 9.13 Å². The van der Waals surface area contributed by atoms with Crippen LogP contribution in [0.15, 0.2) is 12.1 Å². The Hall–Kier alpha value is -0.470. The van der Waals surface area contributed by atoms with Crippen LogP contribution in [0.1, 0.15) is 32.1 Å². The molecule has 114 valence electrons. The van der Waals surface area contributed by atoms with Gasteiger partial charge in [0.15, 0.2) is 4.77 Å². The summed E-state index contributed by atoms with van der Waals surface area (Å²) in [4.78, 5) is 3.13. The molecule has 1 aromatic heterocycles. The van der Waals surface area contributed by atoms with Crippen molar-refractivity contribution >= 4 is 45.8 Å². The van der Waals surface area contributed by atoms with Crippen LogP contribution in [0.2, 0.25) is 0 Å². The van der Waals surface area contributed by atoms with E-state index in [9.17, 15) is 4.39 Å². The number of benzene rings is 1. The van der Waals surface area contributed by atoms with Crippen molar-refractivity contribution in [3.05, 3.63) is 26.3 Å². The third-order valence-electron chi connectivity index (χ3n) is 4.04. The van der Waals surface area contributed by atoms with Crippen molar-refractivity contribution in [3.63, 3.8) is 0 Å². The maximum absolute atomic E-state index is 13.8. The molecule has 21 heavy (non-hydrogen) atoms. The average molecular weight is 420 g/mol. The Morgan fingerprint density at radius 1 is 1.33 bits per heavy atom. The van der Waals surface area contributed by atoms with Crippen LogP contribution in [0.4, 0.5) is 4.39 Å². The molecule has 3 nitrogen and oxygen atoms in total. The van der Waals surface area contributed by atoms with Gasteiger partial charge in [0.1, 0.15) is 5.82 Å². The Kier molecular flexibility index (Phi) is 4.96. The number of nitrogens with zero attached hydrogens (tertiary/aromatic N) is 1. The largest absolute Gasteiger partial charge is 0.376 e. The molecule has 1 saturated carbocycles. The summed E-state index contributed by atoms with van der Waals surface area (Å²) in [6.45, 7) is 1.29. The molecule has 0 aliphatic heterocycles. The van der Waals surface area contributed by atoms with Crippen molar-refractivity contribution in [3.8, 4) is 0 Å². The quantitative estimate of drug-likeness (QED) is 0.570. The van der Waals surface area contributed by atoms with Crippen molar-refractivity contribution in [2.75, 3.05) is 6.61 Å². The highest BCUT2D eigenvalue weighted by atomic mass is 127. The summed E-state index contributed by atoms with van der Waals surface area (Å²) < 4.78 is 22.8. The van der Waals surface area contributed by atoms with E-state index in [1.54, 1.807) is 12.1 Å². The van der Waals surface area contributed by atoms with Crippen molar-refractivity contribution in [2.45, 2.75) is 44.8 Å². The van der Waals surface area contributed by atoms with E-state index in [4.69, 9.17) is 17.0 Å². The normalized spacial score (nSPS) is 16.7. The number of aromatic nitrogens is 2. The molecule has 1 fully saturated rings. The third kappa shape index (κ3) is 3.48. The highest BCUT2D eigenvalue weighted by Gasteiger charge is 2.14. The molecular weight excluding hydrogens is 402 g/mol. The fourth-order valence-corrected chi connectivity index (χ4v) is 3.68. The summed E-state index contributed by atoms with van der Waals surface area (Å²) in [6, 6.07) is 3.34. The zero-order valence-corrected chi connectivity index (χ0v) is 14.7. The van der Waals surface area contributed by atoms with Gasteiger partial charge in [-0.05, 0) is 53.7 Å². The molecule has 6 heteroatoms. The van der Waals surface area contributed by atoms with E-state index in [-0.39, 0.29) is 5.82 Å². The molecule has 0 bridgehead atoms. The molecule has 2 aromatic rings. The number of imidazole rings is 1. The Bertz CT molecular complexity index is 691. The molecule has 1 heterocycles. The minimum atomic E-state index is -0.209. The van der Waals surface area contributed by atoms with Crippen LogP contribution in [0.3, 0.4) is 0 Å². The van der Waals surface area contributed by atoms with Crippen LogP contribution in [0, 0.1) is 14.2 Å². The first-order valence-electron chi connectivity index (χ1n) is 7.34. The number of hydrogen-bond acceptors (Lipinski definition) is 2. The summed E-state index contributed by atoms with van der Waals surface area (Å²) in [7, 11) is 0. The topological polar surface area (TPSA) is 29.9 Å². The minimum absolute atomic E-state index is 0.209. The molecule has 0 saturated heterocycles. The average Bonchev–Trinajstić information content (AvgIpc) is 2.76. The van der Waals surface area contributed by atoms with E-state index in [1.807, 2.05) is 27.2 Å². The van der Waals surface area contributed by atoms with Crippen LogP contribution in [0.5, 0.6) is 0 Å². The van der Waals surface area contributed by atoms with Crippen molar-refractivity contribution in [1.29, 1.82) is 0 Å². The fraction of sp³-hybridized carbons (Fsp3) is 0.533. The number of fused-ring (bicyclic) bond motifs is 1. The lowest BCUT2D eigenvalue weighted by molar-refractivity contribution is 0.0243. The first kappa shape index (κ1) is 15.4. The molecule has 1 aliphatic rings. The molecule has 0 unspecified atom stereocenters. The van der Waals surface area contributed by atoms with Gasteiger partial charge >= 0.3 is 0 Å². The van der Waals surface area contributed by atoms with E-state index in [2.05, 4.69) is 4.98 Å². The smallest absolute Gasteiger partial charge is 0.178 e. The Morgan fingerprint density at radius 3 is 2.86 bits per heavy atom. The Morgan fingerprint density at radius 2 is 2.10 bits per heavy atom. The number of ether oxygens (including phenoxy) is 1. The first-order chi connectivity index (χ1) is 10.1. The standard InChI is InChI=1S/C15H18FIN2OS/c16-11-8-14-13(9-12(11)17)18-15(21)19(14)6-7-20-10-4-2-1-3-5-10/h8-10H,1-7H2,(H,18,21). The predicted octanol–water partition coefficient (Wildman–Crippen LogP) is 4.79. The highest BCUT2D eigenvalue weighted by Crippen LogP contribution is 2.22. The minimum Gasteiger partial charge on any atom is -0.376 e. The van der Waals surface area contributed by atoms with Gasteiger partial charge in [-0.15, -0.1) is 0 Å². The monoisotopic (exact) mass is 420 g/mol. The van der Waals surface area contributed by atoms with Crippen LogP contribution < -0.4 is 0 Å². The summed E-state index contributed by atoms with van der Waals surface area (Å²) >= 11 is 7.32. The van der Waals surface area contributed by atoms with E-state index < -0.39 is 0 Å². The van der Waals surface area contributed by atoms with Crippen LogP contribution in [-0.2, 0) is 11.3 Å². The molecule has 1 aromatic carbocycles. The van der Waals surface area contributed by atoms with Gasteiger partial charge < -0.3 is 14.3 Å². The summed E-state index contributed by atoms with van der Waals surface area (Å²) in [5.41, 5.74) is 1.69. The zero-order chi connectivity index (χ0) is 14.8. The molecule has 0 atom stereocenters. The van der Waals surface area contributed by atoms with Gasteiger partial charge in [-0.3, -0.25) is 0 Å². The van der Waals surface area contributed by atoms with Gasteiger partial charge in [-0.25, -0.2) is 4.39 Å². The van der Waals surface area contributed by atoms with Crippen molar-refractivity contribution in [2.24, 2.45) is 0 Å². The number of aromatic amines is 1. The molecule has 0 spiro atoms. The molecular formula is C15H18FIN2OS. The lowest BCUT2D eigenvalue weighted by Crippen LogP contribution is -2.19. The maximum Gasteiger partial charge on any atom is 0.178 e. The summed E-state index contributed by atoms with van der Waals surface area (Å²) in [5.74, 6) is -0.209. The van der Waals surface area contributed by atoms with E-state index in [0.29, 0.717) is 27.6 Å². The van der Waals surface area contributed by atoms with Gasteiger partial charge in [0.25, 0.3) is 0 Å². The van der Waals surface area contributed by atoms with E-state index in [0.717, 1.165) is 23.9 Å². The zero-order valence-electron chi connectivity index (χ0n) is 11.7. The second-order valence-corrected chi connectivity index (χ2v) is 7.04. The van der Waals surface area contributed by atoms with Crippen LogP contribution in [-0.4, -0.2) is 22.3 Å². The number of halogens is 2. The Balaban J connectivity index is 1.72. The number of rotatable bonds is 4. The molecule has 3 rings (SSSR count). The fourth-order valence-electron chi connectivity index (χ4n) is 2.92. The lowest BCUT2D eigenvalue weighted by atomic mass is 9.98. The third-order valence-corrected chi connectivity index (χ3v) is 5.19. The summed E-state index contributed by atoms with van der Waals surface area (Å²) in [6.07, 6.45) is 6.56.